The van der Waals surface area contributed by atoms with Gasteiger partial charge in [0, 0.05) is 40.0 Å². The molecule has 1 aromatic heterocycles. The SMILES string of the molecule is CCOCCCNC(=NCc1nnc(C)n1C)NCC1CCCO1.I. The van der Waals surface area contributed by atoms with Crippen molar-refractivity contribution in [3.05, 3.63) is 11.6 Å². The fourth-order valence-corrected chi connectivity index (χ4v) is 2.45. The summed E-state index contributed by atoms with van der Waals surface area (Å²) in [5, 5.41) is 14.9. The van der Waals surface area contributed by atoms with Gasteiger partial charge in [0.05, 0.1) is 6.10 Å². The zero-order valence-electron chi connectivity index (χ0n) is 15.5. The lowest BCUT2D eigenvalue weighted by molar-refractivity contribution is 0.113. The van der Waals surface area contributed by atoms with Gasteiger partial charge in [-0.25, -0.2) is 4.99 Å². The third kappa shape index (κ3) is 7.87. The zero-order valence-corrected chi connectivity index (χ0v) is 17.8. The Labute approximate surface area is 167 Å². The van der Waals surface area contributed by atoms with Gasteiger partial charge in [-0.2, -0.15) is 0 Å². The molecule has 1 saturated heterocycles. The second-order valence-electron chi connectivity index (χ2n) is 5.88. The van der Waals surface area contributed by atoms with E-state index in [1.165, 1.54) is 0 Å². The molecule has 144 valence electrons. The number of aliphatic imine (C=N–C) groups is 1. The van der Waals surface area contributed by atoms with Gasteiger partial charge in [-0.15, -0.1) is 34.2 Å². The van der Waals surface area contributed by atoms with Crippen molar-refractivity contribution in [2.45, 2.75) is 45.8 Å². The number of aromatic nitrogens is 3. The smallest absolute Gasteiger partial charge is 0.191 e. The molecule has 1 atom stereocenters. The lowest BCUT2D eigenvalue weighted by Crippen LogP contribution is -2.41. The Morgan fingerprint density at radius 2 is 2.24 bits per heavy atom. The molecule has 2 N–H and O–H groups in total. The first-order chi connectivity index (χ1) is 11.7. The number of nitrogens with one attached hydrogen (secondary N) is 2. The van der Waals surface area contributed by atoms with Crippen LogP contribution in [0.4, 0.5) is 0 Å². The van der Waals surface area contributed by atoms with E-state index in [1.807, 2.05) is 25.5 Å². The monoisotopic (exact) mass is 466 g/mol. The van der Waals surface area contributed by atoms with Crippen molar-refractivity contribution in [3.63, 3.8) is 0 Å². The molecule has 25 heavy (non-hydrogen) atoms. The Balaban J connectivity index is 0.00000312. The first kappa shape index (κ1) is 22.1. The summed E-state index contributed by atoms with van der Waals surface area (Å²) < 4.78 is 13.0. The minimum Gasteiger partial charge on any atom is -0.382 e. The average molecular weight is 466 g/mol. The topological polar surface area (TPSA) is 85.6 Å². The molecule has 0 aliphatic carbocycles. The molecule has 0 bridgehead atoms. The highest BCUT2D eigenvalue weighted by molar-refractivity contribution is 14.0. The third-order valence-corrected chi connectivity index (χ3v) is 4.04. The van der Waals surface area contributed by atoms with Crippen molar-refractivity contribution < 1.29 is 9.47 Å². The van der Waals surface area contributed by atoms with E-state index < -0.39 is 0 Å². The molecular formula is C16H31IN6O2. The minimum absolute atomic E-state index is 0. The summed E-state index contributed by atoms with van der Waals surface area (Å²) in [6.07, 6.45) is 3.46. The highest BCUT2D eigenvalue weighted by Gasteiger charge is 2.15. The van der Waals surface area contributed by atoms with Crippen molar-refractivity contribution in [1.82, 2.24) is 25.4 Å². The Bertz CT molecular complexity index is 517. The molecule has 0 radical (unpaired) electrons. The molecule has 1 unspecified atom stereocenters. The van der Waals surface area contributed by atoms with Crippen molar-refractivity contribution in [3.8, 4) is 0 Å². The Morgan fingerprint density at radius 3 is 2.88 bits per heavy atom. The van der Waals surface area contributed by atoms with Crippen LogP contribution in [0.15, 0.2) is 4.99 Å². The lowest BCUT2D eigenvalue weighted by Gasteiger charge is -2.15. The van der Waals surface area contributed by atoms with Crippen LogP contribution in [0.1, 0.15) is 37.8 Å². The van der Waals surface area contributed by atoms with E-state index in [1.54, 1.807) is 0 Å². The molecule has 0 amide bonds. The Morgan fingerprint density at radius 1 is 1.40 bits per heavy atom. The lowest BCUT2D eigenvalue weighted by atomic mass is 10.2. The molecule has 1 aliphatic heterocycles. The maximum Gasteiger partial charge on any atom is 0.191 e. The summed E-state index contributed by atoms with van der Waals surface area (Å²) in [5.74, 6) is 2.52. The second kappa shape index (κ2) is 12.4. The predicted octanol–water partition coefficient (Wildman–Crippen LogP) is 1.38. The standard InChI is InChI=1S/C16H30N6O2.HI/c1-4-23-9-6-8-17-16(18-11-14-7-5-10-24-14)19-12-15-21-20-13(2)22(15)3;/h14H,4-12H2,1-3H3,(H2,17,18,19);1H. The van der Waals surface area contributed by atoms with Gasteiger partial charge in [-0.1, -0.05) is 0 Å². The number of hydrogen-bond donors (Lipinski definition) is 2. The molecule has 8 nitrogen and oxygen atoms in total. The van der Waals surface area contributed by atoms with Crippen LogP contribution in [0.25, 0.3) is 0 Å². The third-order valence-electron chi connectivity index (χ3n) is 4.04. The predicted molar refractivity (Wildman–Crippen MR) is 108 cm³/mol. The van der Waals surface area contributed by atoms with Crippen molar-refractivity contribution in [2.24, 2.45) is 12.0 Å². The summed E-state index contributed by atoms with van der Waals surface area (Å²) in [6, 6.07) is 0. The second-order valence-corrected chi connectivity index (χ2v) is 5.88. The molecule has 9 heteroatoms. The molecule has 0 saturated carbocycles. The highest BCUT2D eigenvalue weighted by atomic mass is 127. The molecule has 2 rings (SSSR count). The van der Waals surface area contributed by atoms with Crippen molar-refractivity contribution in [1.29, 1.82) is 0 Å². The number of ether oxygens (including phenoxy) is 2. The van der Waals surface area contributed by atoms with E-state index in [-0.39, 0.29) is 30.1 Å². The molecule has 2 heterocycles. The number of hydrogen-bond acceptors (Lipinski definition) is 5. The average Bonchev–Trinajstić information content (AvgIpc) is 3.21. The highest BCUT2D eigenvalue weighted by Crippen LogP contribution is 2.10. The van der Waals surface area contributed by atoms with Gasteiger partial charge >= 0.3 is 0 Å². The first-order valence-electron chi connectivity index (χ1n) is 8.77. The molecular weight excluding hydrogens is 435 g/mol. The van der Waals surface area contributed by atoms with Gasteiger partial charge < -0.3 is 24.7 Å². The van der Waals surface area contributed by atoms with Crippen LogP contribution < -0.4 is 10.6 Å². The summed E-state index contributed by atoms with van der Waals surface area (Å²) in [6.45, 7) is 8.39. The van der Waals surface area contributed by atoms with Crippen molar-refractivity contribution in [2.75, 3.05) is 32.9 Å². The van der Waals surface area contributed by atoms with Gasteiger partial charge in [0.15, 0.2) is 11.8 Å². The summed E-state index contributed by atoms with van der Waals surface area (Å²) in [7, 11) is 1.95. The van der Waals surface area contributed by atoms with Crippen LogP contribution in [0.3, 0.4) is 0 Å². The molecule has 1 fully saturated rings. The van der Waals surface area contributed by atoms with E-state index in [0.29, 0.717) is 6.54 Å². The number of rotatable bonds is 9. The van der Waals surface area contributed by atoms with E-state index in [9.17, 15) is 0 Å². The molecule has 0 aromatic carbocycles. The number of guanidine groups is 1. The van der Waals surface area contributed by atoms with E-state index in [0.717, 1.165) is 69.8 Å². The van der Waals surface area contributed by atoms with Gasteiger partial charge in [0.1, 0.15) is 12.4 Å². The van der Waals surface area contributed by atoms with Crippen molar-refractivity contribution >= 4 is 29.9 Å². The Kier molecular flexibility index (Phi) is 11.0. The minimum atomic E-state index is 0. The number of aryl methyl sites for hydroxylation is 1. The quantitative estimate of drug-likeness (QED) is 0.248. The molecule has 1 aliphatic rings. The maximum atomic E-state index is 5.65. The number of halogens is 1. The van der Waals surface area contributed by atoms with Crippen LogP contribution in [0.5, 0.6) is 0 Å². The number of nitrogens with zero attached hydrogens (tertiary/aromatic N) is 4. The fraction of sp³-hybridized carbons (Fsp3) is 0.812. The van der Waals surface area contributed by atoms with Gasteiger partial charge in [-0.05, 0) is 33.1 Å². The maximum absolute atomic E-state index is 5.65. The van der Waals surface area contributed by atoms with Gasteiger partial charge in [0.25, 0.3) is 0 Å². The first-order valence-corrected chi connectivity index (χ1v) is 8.77. The summed E-state index contributed by atoms with van der Waals surface area (Å²) >= 11 is 0. The van der Waals surface area contributed by atoms with Crippen LogP contribution in [-0.4, -0.2) is 59.7 Å². The zero-order chi connectivity index (χ0) is 17.2. The summed E-state index contributed by atoms with van der Waals surface area (Å²) in [5.41, 5.74) is 0. The normalized spacial score (nSPS) is 17.4. The molecule has 0 spiro atoms. The largest absolute Gasteiger partial charge is 0.382 e. The molecule has 1 aromatic rings. The van der Waals surface area contributed by atoms with Crippen LogP contribution >= 0.6 is 24.0 Å². The summed E-state index contributed by atoms with van der Waals surface area (Å²) in [4.78, 5) is 4.62. The Hall–Kier alpha value is -0.940. The van der Waals surface area contributed by atoms with E-state index in [2.05, 4.69) is 25.8 Å². The van der Waals surface area contributed by atoms with E-state index in [4.69, 9.17) is 9.47 Å². The van der Waals surface area contributed by atoms with Gasteiger partial charge in [0.2, 0.25) is 0 Å². The van der Waals surface area contributed by atoms with Gasteiger partial charge in [-0.3, -0.25) is 0 Å². The van der Waals surface area contributed by atoms with Crippen LogP contribution in [-0.2, 0) is 23.1 Å². The van der Waals surface area contributed by atoms with Crippen LogP contribution in [0, 0.1) is 6.92 Å². The van der Waals surface area contributed by atoms with Crippen LogP contribution in [0.2, 0.25) is 0 Å². The van der Waals surface area contributed by atoms with E-state index >= 15 is 0 Å². The fourth-order valence-electron chi connectivity index (χ4n) is 2.45.